The number of piperidine rings is 1. The molecule has 2 atom stereocenters. The van der Waals surface area contributed by atoms with Crippen molar-refractivity contribution >= 4 is 25.8 Å². The number of hydrogen-bond acceptors (Lipinski definition) is 3. The van der Waals surface area contributed by atoms with Gasteiger partial charge in [-0.3, -0.25) is 4.79 Å². The molecule has 1 saturated heterocycles. The number of carbonyl (C=O) groups is 1. The van der Waals surface area contributed by atoms with E-state index in [4.69, 9.17) is 16.0 Å². The Morgan fingerprint density at radius 1 is 1.45 bits per heavy atom. The Bertz CT molecular complexity index is 344. The molecular weight excluding hydrogens is 294 g/mol. The predicted octanol–water partition coefficient (Wildman–Crippen LogP) is 2.60. The summed E-state index contributed by atoms with van der Waals surface area (Å²) in [6.45, 7) is 11.7. The number of hydrogen-bond donors (Lipinski definition) is 1. The second-order valence-electron chi connectivity index (χ2n) is 7.08. The van der Waals surface area contributed by atoms with E-state index >= 15 is 0 Å². The van der Waals surface area contributed by atoms with Crippen molar-refractivity contribution in [3.63, 3.8) is 0 Å². The van der Waals surface area contributed by atoms with Gasteiger partial charge in [-0.2, -0.15) is 0 Å². The highest BCUT2D eigenvalue weighted by molar-refractivity contribution is 6.74. The third-order valence-corrected chi connectivity index (χ3v) is 9.34. The number of alkyl halides is 1. The lowest BCUT2D eigenvalue weighted by Crippen LogP contribution is -2.53. The summed E-state index contributed by atoms with van der Waals surface area (Å²) in [5.41, 5.74) is 0. The zero-order valence-electron chi connectivity index (χ0n) is 13.3. The molecule has 0 spiro atoms. The van der Waals surface area contributed by atoms with Gasteiger partial charge in [0.15, 0.2) is 8.32 Å². The highest BCUT2D eigenvalue weighted by Gasteiger charge is 2.41. The van der Waals surface area contributed by atoms with Crippen molar-refractivity contribution in [1.29, 1.82) is 0 Å². The van der Waals surface area contributed by atoms with Gasteiger partial charge in [-0.25, -0.2) is 0 Å². The molecule has 118 valence electrons. The molecule has 0 bridgehead atoms. The molecule has 1 aliphatic rings. The molecular formula is C14H28ClNO3Si. The topological polar surface area (TPSA) is 49.8 Å². The lowest BCUT2D eigenvalue weighted by molar-refractivity contribution is -0.134. The fourth-order valence-corrected chi connectivity index (χ4v) is 3.85. The highest BCUT2D eigenvalue weighted by atomic mass is 35.5. The summed E-state index contributed by atoms with van der Waals surface area (Å²) in [6.07, 6.45) is 1.66. The Morgan fingerprint density at radius 3 is 2.50 bits per heavy atom. The summed E-state index contributed by atoms with van der Waals surface area (Å²) in [5.74, 6) is -0.124. The van der Waals surface area contributed by atoms with Gasteiger partial charge in [0, 0.05) is 12.6 Å². The van der Waals surface area contributed by atoms with Crippen molar-refractivity contribution in [1.82, 2.24) is 4.90 Å². The van der Waals surface area contributed by atoms with Crippen LogP contribution in [0.2, 0.25) is 18.1 Å². The Kier molecular flexibility index (Phi) is 6.08. The minimum Gasteiger partial charge on any atom is -0.414 e. The Hall–Kier alpha value is -0.103. The normalized spacial score (nSPS) is 24.9. The Labute approximate surface area is 128 Å². The number of aliphatic hydroxyl groups is 1. The van der Waals surface area contributed by atoms with Gasteiger partial charge in [-0.15, -0.1) is 11.6 Å². The fraction of sp³-hybridized carbons (Fsp3) is 0.929. The zero-order valence-corrected chi connectivity index (χ0v) is 15.0. The largest absolute Gasteiger partial charge is 0.414 e. The Balaban J connectivity index is 2.68. The van der Waals surface area contributed by atoms with E-state index in [1.807, 2.05) is 0 Å². The second-order valence-corrected chi connectivity index (χ2v) is 12.1. The van der Waals surface area contributed by atoms with Gasteiger partial charge in [-0.1, -0.05) is 20.8 Å². The maximum Gasteiger partial charge on any atom is 0.237 e. The molecule has 1 fully saturated rings. The van der Waals surface area contributed by atoms with Crippen LogP contribution >= 0.6 is 11.6 Å². The van der Waals surface area contributed by atoms with Crippen LogP contribution in [0.5, 0.6) is 0 Å². The van der Waals surface area contributed by atoms with Gasteiger partial charge in [0.1, 0.15) is 5.88 Å². The molecule has 1 N–H and O–H groups in total. The molecule has 0 aliphatic carbocycles. The first kappa shape index (κ1) is 17.9. The molecule has 4 nitrogen and oxygen atoms in total. The van der Waals surface area contributed by atoms with Crippen molar-refractivity contribution in [3.05, 3.63) is 0 Å². The average molecular weight is 322 g/mol. The van der Waals surface area contributed by atoms with Gasteiger partial charge in [0.2, 0.25) is 5.91 Å². The number of rotatable bonds is 4. The molecule has 0 radical (unpaired) electrons. The first-order valence-corrected chi connectivity index (χ1v) is 10.7. The standard InChI is InChI=1S/C14H28ClNO3Si/c1-14(2,3)20(4,5)19-12-6-7-16(13(18)9-15)11(8-12)10-17/h11-12,17H,6-10H2,1-5H3/t11-,12-/m0/s1. The van der Waals surface area contributed by atoms with Gasteiger partial charge in [0.25, 0.3) is 0 Å². The second kappa shape index (κ2) is 6.77. The maximum atomic E-state index is 11.7. The summed E-state index contributed by atoms with van der Waals surface area (Å²) < 4.78 is 6.39. The summed E-state index contributed by atoms with van der Waals surface area (Å²) in [6, 6.07) is -0.162. The minimum atomic E-state index is -1.80. The third-order valence-electron chi connectivity index (χ3n) is 4.58. The lowest BCUT2D eigenvalue weighted by atomic mass is 10.00. The SMILES string of the molecule is CC(C)(C)[Si](C)(C)O[C@H]1CCN(C(=O)CCl)[C@H](CO)C1. The number of nitrogens with zero attached hydrogens (tertiary/aromatic N) is 1. The summed E-state index contributed by atoms with van der Waals surface area (Å²) >= 11 is 5.61. The minimum absolute atomic E-state index is 0.0236. The summed E-state index contributed by atoms with van der Waals surface area (Å²) in [5, 5.41) is 9.67. The van der Waals surface area contributed by atoms with E-state index in [-0.39, 0.29) is 35.6 Å². The molecule has 1 amide bonds. The molecule has 0 aromatic heterocycles. The first-order valence-electron chi connectivity index (χ1n) is 7.26. The van der Waals surface area contributed by atoms with Crippen LogP contribution in [0.25, 0.3) is 0 Å². The van der Waals surface area contributed by atoms with E-state index in [0.717, 1.165) is 6.42 Å². The van der Waals surface area contributed by atoms with E-state index < -0.39 is 8.32 Å². The molecule has 1 aliphatic heterocycles. The molecule has 0 aromatic carbocycles. The van der Waals surface area contributed by atoms with Crippen LogP contribution in [0, 0.1) is 0 Å². The molecule has 0 unspecified atom stereocenters. The van der Waals surface area contributed by atoms with Gasteiger partial charge in [0.05, 0.1) is 12.6 Å². The molecule has 0 aromatic rings. The number of amides is 1. The van der Waals surface area contributed by atoms with Gasteiger partial charge in [-0.05, 0) is 31.0 Å². The van der Waals surface area contributed by atoms with E-state index in [1.54, 1.807) is 4.90 Å². The van der Waals surface area contributed by atoms with Crippen molar-refractivity contribution in [3.8, 4) is 0 Å². The van der Waals surface area contributed by atoms with Crippen LogP contribution in [-0.4, -0.2) is 55.4 Å². The van der Waals surface area contributed by atoms with Crippen LogP contribution in [0.15, 0.2) is 0 Å². The van der Waals surface area contributed by atoms with Crippen molar-refractivity contribution < 1.29 is 14.3 Å². The van der Waals surface area contributed by atoms with Crippen LogP contribution in [-0.2, 0) is 9.22 Å². The summed E-state index contributed by atoms with van der Waals surface area (Å²) in [7, 11) is -1.80. The monoisotopic (exact) mass is 321 g/mol. The molecule has 1 rings (SSSR count). The van der Waals surface area contributed by atoms with Gasteiger partial charge < -0.3 is 14.4 Å². The van der Waals surface area contributed by atoms with E-state index in [2.05, 4.69) is 33.9 Å². The number of carbonyl (C=O) groups excluding carboxylic acids is 1. The fourth-order valence-electron chi connectivity index (χ4n) is 2.29. The summed E-state index contributed by atoms with van der Waals surface area (Å²) in [4.78, 5) is 13.4. The zero-order chi connectivity index (χ0) is 15.6. The van der Waals surface area contributed by atoms with E-state index in [9.17, 15) is 9.90 Å². The third kappa shape index (κ3) is 4.20. The quantitative estimate of drug-likeness (QED) is 0.639. The number of aliphatic hydroxyl groups excluding tert-OH is 1. The highest BCUT2D eigenvalue weighted by Crippen LogP contribution is 2.38. The van der Waals surface area contributed by atoms with Crippen molar-refractivity contribution in [2.45, 2.75) is 63.9 Å². The molecule has 1 heterocycles. The average Bonchev–Trinajstić information content (AvgIpc) is 2.35. The smallest absolute Gasteiger partial charge is 0.237 e. The number of halogens is 1. The number of likely N-dealkylation sites (tertiary alicyclic amines) is 1. The maximum absolute atomic E-state index is 11.7. The van der Waals surface area contributed by atoms with Crippen molar-refractivity contribution in [2.24, 2.45) is 0 Å². The van der Waals surface area contributed by atoms with Crippen LogP contribution in [0.4, 0.5) is 0 Å². The van der Waals surface area contributed by atoms with Crippen LogP contribution in [0.3, 0.4) is 0 Å². The predicted molar refractivity (Wildman–Crippen MR) is 84.6 cm³/mol. The van der Waals surface area contributed by atoms with E-state index in [0.29, 0.717) is 13.0 Å². The van der Waals surface area contributed by atoms with E-state index in [1.165, 1.54) is 0 Å². The first-order chi connectivity index (χ1) is 9.12. The van der Waals surface area contributed by atoms with Crippen LogP contribution in [0.1, 0.15) is 33.6 Å². The van der Waals surface area contributed by atoms with Crippen molar-refractivity contribution in [2.75, 3.05) is 19.0 Å². The van der Waals surface area contributed by atoms with Gasteiger partial charge >= 0.3 is 0 Å². The molecule has 20 heavy (non-hydrogen) atoms. The molecule has 0 saturated carbocycles. The Morgan fingerprint density at radius 2 is 2.05 bits per heavy atom. The lowest BCUT2D eigenvalue weighted by Gasteiger charge is -2.44. The molecule has 6 heteroatoms. The van der Waals surface area contributed by atoms with Crippen LogP contribution < -0.4 is 0 Å².